The zero-order valence-electron chi connectivity index (χ0n) is 26.8. The minimum absolute atomic E-state index is 0.348. The number of hydrogen-bond acceptors (Lipinski definition) is 9. The Hall–Kier alpha value is -1.63. The Balaban J connectivity index is 1.91. The van der Waals surface area contributed by atoms with Gasteiger partial charge in [0.25, 0.3) is 0 Å². The molecule has 0 radical (unpaired) electrons. The van der Waals surface area contributed by atoms with Gasteiger partial charge in [0.05, 0.1) is 31.3 Å². The molecule has 1 aliphatic rings. The smallest absolute Gasteiger partial charge is 0.227 e. The van der Waals surface area contributed by atoms with E-state index < -0.39 is 61.5 Å². The van der Waals surface area contributed by atoms with E-state index in [4.69, 9.17) is 9.47 Å². The molecule has 2 rings (SSSR count). The predicted molar refractivity (Wildman–Crippen MR) is 169 cm³/mol. The molecule has 0 bridgehead atoms. The van der Waals surface area contributed by atoms with Gasteiger partial charge in [-0.25, -0.2) is 0 Å². The molecule has 10 nitrogen and oxygen atoms in total. The summed E-state index contributed by atoms with van der Waals surface area (Å²) in [6.07, 6.45) is 5.19. The van der Waals surface area contributed by atoms with Gasteiger partial charge in [0.2, 0.25) is 5.91 Å². The molecule has 1 fully saturated rings. The van der Waals surface area contributed by atoms with E-state index in [2.05, 4.69) is 12.2 Å². The lowest BCUT2D eigenvalue weighted by molar-refractivity contribution is -0.303. The fourth-order valence-corrected chi connectivity index (χ4v) is 5.80. The molecule has 44 heavy (non-hydrogen) atoms. The van der Waals surface area contributed by atoms with Gasteiger partial charge in [-0.2, -0.15) is 0 Å². The minimum Gasteiger partial charge on any atom is -0.394 e. The monoisotopic (exact) mass is 625 g/mol. The summed E-state index contributed by atoms with van der Waals surface area (Å²) in [5, 5.41) is 64.9. The number of amides is 1. The van der Waals surface area contributed by atoms with Crippen LogP contribution in [0.4, 0.5) is 0 Å². The van der Waals surface area contributed by atoms with Gasteiger partial charge < -0.3 is 45.4 Å². The first-order valence-electron chi connectivity index (χ1n) is 16.9. The van der Waals surface area contributed by atoms with Gasteiger partial charge in [-0.15, -0.1) is 0 Å². The topological polar surface area (TPSA) is 169 Å². The lowest BCUT2D eigenvalue weighted by atomic mass is 9.94. The van der Waals surface area contributed by atoms with E-state index in [-0.39, 0.29) is 12.5 Å². The van der Waals surface area contributed by atoms with Crippen LogP contribution in [0.5, 0.6) is 0 Å². The van der Waals surface area contributed by atoms with Crippen LogP contribution in [-0.2, 0) is 14.3 Å². The normalized spacial score (nSPS) is 24.9. The second-order valence-corrected chi connectivity index (χ2v) is 12.3. The number of aliphatic hydroxyl groups excluding tert-OH is 6. The Kier molecular flexibility index (Phi) is 19.3. The van der Waals surface area contributed by atoms with Crippen molar-refractivity contribution in [2.75, 3.05) is 13.2 Å². The molecule has 1 aromatic rings. The van der Waals surface area contributed by atoms with Gasteiger partial charge in [-0.05, 0) is 18.4 Å². The van der Waals surface area contributed by atoms with Gasteiger partial charge in [0.1, 0.15) is 30.5 Å². The van der Waals surface area contributed by atoms with Gasteiger partial charge >= 0.3 is 0 Å². The maximum Gasteiger partial charge on any atom is 0.227 e. The van der Waals surface area contributed by atoms with Crippen molar-refractivity contribution in [1.82, 2.24) is 5.32 Å². The van der Waals surface area contributed by atoms with Crippen LogP contribution in [0.25, 0.3) is 0 Å². The fourth-order valence-electron chi connectivity index (χ4n) is 5.80. The van der Waals surface area contributed by atoms with E-state index >= 15 is 0 Å². The van der Waals surface area contributed by atoms with E-state index in [1.165, 1.54) is 51.4 Å². The molecule has 9 unspecified atom stereocenters. The summed E-state index contributed by atoms with van der Waals surface area (Å²) in [7, 11) is 0. The number of carbonyl (C=O) groups excluding carboxylic acids is 1. The standard InChI is InChI=1S/C34H59NO9/c1-3-5-6-7-8-9-10-11-12-13-14-18-21-27(37)29(38)26(35-33(42)25(4-2)24-19-16-15-17-20-24)23-43-34-32(41)31(40)30(39)28(22-36)44-34/h15-17,19-20,25-32,34,36-41H,3-14,18,21-23H2,1-2H3,(H,35,42). The third-order valence-corrected chi connectivity index (χ3v) is 8.70. The van der Waals surface area contributed by atoms with Crippen molar-refractivity contribution in [3.8, 4) is 0 Å². The van der Waals surface area contributed by atoms with Gasteiger partial charge in [-0.1, -0.05) is 121 Å². The Bertz CT molecular complexity index is 874. The molecule has 1 heterocycles. The molecular weight excluding hydrogens is 566 g/mol. The number of ether oxygens (including phenoxy) is 2. The number of rotatable bonds is 23. The highest BCUT2D eigenvalue weighted by Gasteiger charge is 2.44. The third-order valence-electron chi connectivity index (χ3n) is 8.70. The van der Waals surface area contributed by atoms with Gasteiger partial charge in [-0.3, -0.25) is 4.79 Å². The Morgan fingerprint density at radius 2 is 1.41 bits per heavy atom. The number of nitrogens with one attached hydrogen (secondary N) is 1. The number of carbonyl (C=O) groups is 1. The first-order chi connectivity index (χ1) is 21.2. The number of aliphatic hydroxyl groups is 6. The number of unbranched alkanes of at least 4 members (excludes halogenated alkanes) is 11. The number of hydrogen-bond donors (Lipinski definition) is 7. The van der Waals surface area contributed by atoms with E-state index in [0.29, 0.717) is 12.8 Å². The molecule has 0 aliphatic carbocycles. The van der Waals surface area contributed by atoms with Gasteiger partial charge in [0.15, 0.2) is 6.29 Å². The van der Waals surface area contributed by atoms with Crippen LogP contribution in [0.3, 0.4) is 0 Å². The highest BCUT2D eigenvalue weighted by molar-refractivity contribution is 5.83. The van der Waals surface area contributed by atoms with E-state index in [1.807, 2.05) is 37.3 Å². The largest absolute Gasteiger partial charge is 0.394 e. The van der Waals surface area contributed by atoms with Crippen LogP contribution >= 0.6 is 0 Å². The molecule has 1 amide bonds. The minimum atomic E-state index is -1.63. The molecule has 7 N–H and O–H groups in total. The summed E-state index contributed by atoms with van der Waals surface area (Å²) in [6.45, 7) is 3.15. The summed E-state index contributed by atoms with van der Waals surface area (Å²) in [5.74, 6) is -0.843. The first kappa shape index (κ1) is 38.6. The van der Waals surface area contributed by atoms with Crippen molar-refractivity contribution in [3.63, 3.8) is 0 Å². The SMILES string of the molecule is CCCCCCCCCCCCCCC(O)C(O)C(COC1OC(CO)C(O)C(O)C1O)NC(=O)C(CC)c1ccccc1. The van der Waals surface area contributed by atoms with Gasteiger partial charge in [0, 0.05) is 0 Å². The predicted octanol–water partition coefficient (Wildman–Crippen LogP) is 3.29. The van der Waals surface area contributed by atoms with Crippen molar-refractivity contribution >= 4 is 5.91 Å². The Morgan fingerprint density at radius 3 is 1.95 bits per heavy atom. The quantitative estimate of drug-likeness (QED) is 0.0903. The van der Waals surface area contributed by atoms with E-state index in [9.17, 15) is 35.4 Å². The second kappa shape index (κ2) is 22.0. The molecule has 0 spiro atoms. The second-order valence-electron chi connectivity index (χ2n) is 12.3. The Morgan fingerprint density at radius 1 is 0.841 bits per heavy atom. The molecule has 1 aliphatic heterocycles. The highest BCUT2D eigenvalue weighted by atomic mass is 16.7. The van der Waals surface area contributed by atoms with Crippen LogP contribution in [0.15, 0.2) is 30.3 Å². The molecular formula is C34H59NO9. The average molecular weight is 626 g/mol. The molecule has 1 aromatic carbocycles. The Labute approximate surface area is 263 Å². The van der Waals surface area contributed by atoms with Crippen LogP contribution in [0.1, 0.15) is 115 Å². The van der Waals surface area contributed by atoms with Crippen LogP contribution < -0.4 is 5.32 Å². The van der Waals surface area contributed by atoms with E-state index in [0.717, 1.165) is 31.2 Å². The summed E-state index contributed by atoms with van der Waals surface area (Å²) in [5.41, 5.74) is 0.813. The summed E-state index contributed by atoms with van der Waals surface area (Å²) < 4.78 is 11.1. The summed E-state index contributed by atoms with van der Waals surface area (Å²) >= 11 is 0. The van der Waals surface area contributed by atoms with Crippen molar-refractivity contribution in [1.29, 1.82) is 0 Å². The van der Waals surface area contributed by atoms with E-state index in [1.54, 1.807) is 0 Å². The first-order valence-corrected chi connectivity index (χ1v) is 16.9. The summed E-state index contributed by atoms with van der Waals surface area (Å²) in [4.78, 5) is 13.3. The maximum atomic E-state index is 13.3. The molecule has 9 atom stereocenters. The third kappa shape index (κ3) is 13.0. The van der Waals surface area contributed by atoms with Crippen LogP contribution in [-0.4, -0.2) is 98.7 Å². The number of benzene rings is 1. The molecule has 0 saturated carbocycles. The maximum absolute atomic E-state index is 13.3. The zero-order valence-corrected chi connectivity index (χ0v) is 26.8. The molecule has 1 saturated heterocycles. The zero-order chi connectivity index (χ0) is 32.3. The average Bonchev–Trinajstić information content (AvgIpc) is 3.03. The molecule has 10 heteroatoms. The van der Waals surface area contributed by atoms with Crippen molar-refractivity contribution in [2.45, 2.75) is 159 Å². The van der Waals surface area contributed by atoms with Crippen molar-refractivity contribution in [2.24, 2.45) is 0 Å². The van der Waals surface area contributed by atoms with Crippen LogP contribution in [0.2, 0.25) is 0 Å². The fraction of sp³-hybridized carbons (Fsp3) is 0.794. The molecule has 254 valence electrons. The summed E-state index contributed by atoms with van der Waals surface area (Å²) in [6, 6.07) is 8.20. The highest BCUT2D eigenvalue weighted by Crippen LogP contribution is 2.24. The molecule has 0 aromatic heterocycles. The van der Waals surface area contributed by atoms with Crippen LogP contribution in [0, 0.1) is 0 Å². The lowest BCUT2D eigenvalue weighted by Crippen LogP contribution is -2.60. The van der Waals surface area contributed by atoms with Crippen molar-refractivity contribution < 1.29 is 44.9 Å². The van der Waals surface area contributed by atoms with Crippen molar-refractivity contribution in [3.05, 3.63) is 35.9 Å². The lowest BCUT2D eigenvalue weighted by Gasteiger charge is -2.40.